The number of fused-ring (bicyclic) bond motifs is 1. The summed E-state index contributed by atoms with van der Waals surface area (Å²) in [7, 11) is 0. The van der Waals surface area contributed by atoms with Crippen LogP contribution in [-0.4, -0.2) is 17.1 Å². The molecular formula is C11H4F7NO2. The lowest BCUT2D eigenvalue weighted by molar-refractivity contribution is -0.364. The molecule has 2 aromatic rings. The molecule has 0 atom stereocenters. The number of alkyl halides is 7. The van der Waals surface area contributed by atoms with E-state index in [4.69, 9.17) is 0 Å². The molecule has 0 fully saturated rings. The van der Waals surface area contributed by atoms with Crippen molar-refractivity contribution in [1.82, 2.24) is 4.98 Å². The molecule has 0 saturated heterocycles. The van der Waals surface area contributed by atoms with E-state index >= 15 is 0 Å². The monoisotopic (exact) mass is 315 g/mol. The van der Waals surface area contributed by atoms with Crippen molar-refractivity contribution in [1.29, 1.82) is 0 Å². The van der Waals surface area contributed by atoms with E-state index in [1.54, 1.807) is 0 Å². The molecule has 1 heterocycles. The van der Waals surface area contributed by atoms with Gasteiger partial charge >= 0.3 is 23.6 Å². The van der Waals surface area contributed by atoms with Crippen molar-refractivity contribution in [2.45, 2.75) is 18.0 Å². The Morgan fingerprint density at radius 3 is 2.10 bits per heavy atom. The Morgan fingerprint density at radius 2 is 1.52 bits per heavy atom. The molecule has 114 valence electrons. The molecule has 1 aromatic heterocycles. The molecule has 0 bridgehead atoms. The van der Waals surface area contributed by atoms with Crippen molar-refractivity contribution in [3.63, 3.8) is 0 Å². The summed E-state index contributed by atoms with van der Waals surface area (Å²) >= 11 is 0. The van der Waals surface area contributed by atoms with Gasteiger partial charge in [0.1, 0.15) is 0 Å². The van der Waals surface area contributed by atoms with Crippen molar-refractivity contribution < 1.29 is 35.2 Å². The minimum atomic E-state index is -6.54. The standard InChI is InChI=1S/C11H4F7NO2/c12-9(13,10(14,15)11(16,17)18)8-19-6-4-2-1-3-5(6)7(20)21-8/h1-4H. The van der Waals surface area contributed by atoms with Crippen molar-refractivity contribution >= 4 is 10.9 Å². The van der Waals surface area contributed by atoms with Crippen molar-refractivity contribution in [2.24, 2.45) is 0 Å². The quantitative estimate of drug-likeness (QED) is 0.797. The molecule has 21 heavy (non-hydrogen) atoms. The summed E-state index contributed by atoms with van der Waals surface area (Å²) in [6, 6.07) is 4.64. The van der Waals surface area contributed by atoms with Crippen LogP contribution < -0.4 is 5.63 Å². The molecule has 0 aliphatic rings. The predicted molar refractivity (Wildman–Crippen MR) is 55.2 cm³/mol. The number of nitrogens with zero attached hydrogens (tertiary/aromatic N) is 1. The average molecular weight is 315 g/mol. The van der Waals surface area contributed by atoms with Crippen LogP contribution in [0.5, 0.6) is 0 Å². The zero-order valence-corrected chi connectivity index (χ0v) is 9.72. The first kappa shape index (κ1) is 15.3. The van der Waals surface area contributed by atoms with Gasteiger partial charge in [-0.2, -0.15) is 30.7 Å². The molecule has 0 aliphatic heterocycles. The van der Waals surface area contributed by atoms with Gasteiger partial charge in [0.15, 0.2) is 0 Å². The van der Waals surface area contributed by atoms with E-state index in [1.165, 1.54) is 12.1 Å². The number of hydrogen-bond acceptors (Lipinski definition) is 3. The Hall–Kier alpha value is -2.13. The normalized spacial score (nSPS) is 13.7. The molecule has 2 rings (SSSR count). The largest absolute Gasteiger partial charge is 0.460 e. The lowest BCUT2D eigenvalue weighted by atomic mass is 10.1. The minimum Gasteiger partial charge on any atom is -0.401 e. The summed E-state index contributed by atoms with van der Waals surface area (Å²) < 4.78 is 92.4. The van der Waals surface area contributed by atoms with E-state index in [1.807, 2.05) is 0 Å². The third kappa shape index (κ3) is 2.24. The van der Waals surface area contributed by atoms with E-state index < -0.39 is 35.1 Å². The Kier molecular flexibility index (Phi) is 3.22. The summed E-state index contributed by atoms with van der Waals surface area (Å²) in [6.45, 7) is 0. The van der Waals surface area contributed by atoms with E-state index in [-0.39, 0.29) is 5.39 Å². The van der Waals surface area contributed by atoms with Crippen LogP contribution in [0, 0.1) is 0 Å². The average Bonchev–Trinajstić information content (AvgIpc) is 2.37. The molecule has 0 radical (unpaired) electrons. The van der Waals surface area contributed by atoms with Gasteiger partial charge in [-0.05, 0) is 12.1 Å². The number of para-hydroxylation sites is 1. The lowest BCUT2D eigenvalue weighted by Gasteiger charge is -2.26. The number of rotatable bonds is 2. The van der Waals surface area contributed by atoms with Crippen LogP contribution in [-0.2, 0) is 5.92 Å². The molecule has 3 nitrogen and oxygen atoms in total. The maximum atomic E-state index is 13.4. The first-order chi connectivity index (χ1) is 9.48. The highest BCUT2D eigenvalue weighted by Crippen LogP contribution is 2.51. The first-order valence-electron chi connectivity index (χ1n) is 5.21. The van der Waals surface area contributed by atoms with Gasteiger partial charge in [-0.15, -0.1) is 0 Å². The van der Waals surface area contributed by atoms with E-state index in [0.717, 1.165) is 12.1 Å². The van der Waals surface area contributed by atoms with Gasteiger partial charge in [-0.1, -0.05) is 12.1 Å². The van der Waals surface area contributed by atoms with E-state index in [2.05, 4.69) is 9.40 Å². The SMILES string of the molecule is O=c1oc(C(F)(F)C(F)(F)C(F)(F)F)nc2ccccc12. The molecule has 0 saturated carbocycles. The predicted octanol–water partition coefficient (Wildman–Crippen LogP) is 3.48. The molecule has 0 N–H and O–H groups in total. The Morgan fingerprint density at radius 1 is 0.952 bits per heavy atom. The lowest BCUT2D eigenvalue weighted by Crippen LogP contribution is -2.50. The Labute approximate surface area is 111 Å². The summed E-state index contributed by atoms with van der Waals surface area (Å²) in [6.07, 6.45) is -6.54. The van der Waals surface area contributed by atoms with Gasteiger partial charge in [0.25, 0.3) is 5.89 Å². The number of hydrogen-bond donors (Lipinski definition) is 0. The Balaban J connectivity index is 2.68. The third-order valence-electron chi connectivity index (χ3n) is 2.55. The van der Waals surface area contributed by atoms with Crippen LogP contribution >= 0.6 is 0 Å². The molecule has 0 unspecified atom stereocenters. The van der Waals surface area contributed by atoms with Crippen LogP contribution in [0.25, 0.3) is 10.9 Å². The van der Waals surface area contributed by atoms with E-state index in [0.29, 0.717) is 0 Å². The highest BCUT2D eigenvalue weighted by Gasteiger charge is 2.75. The minimum absolute atomic E-state index is 0.327. The summed E-state index contributed by atoms with van der Waals surface area (Å²) in [5.41, 5.74) is -1.98. The van der Waals surface area contributed by atoms with Crippen molar-refractivity contribution in [3.8, 4) is 0 Å². The van der Waals surface area contributed by atoms with Gasteiger partial charge in [-0.25, -0.2) is 9.78 Å². The number of aromatic nitrogens is 1. The van der Waals surface area contributed by atoms with Gasteiger partial charge < -0.3 is 4.42 Å². The zero-order chi connectivity index (χ0) is 16.1. The van der Waals surface area contributed by atoms with E-state index in [9.17, 15) is 35.5 Å². The summed E-state index contributed by atoms with van der Waals surface area (Å²) in [5, 5.41) is -0.327. The second-order valence-electron chi connectivity index (χ2n) is 3.97. The zero-order valence-electron chi connectivity index (χ0n) is 9.72. The maximum Gasteiger partial charge on any atom is 0.460 e. The summed E-state index contributed by atoms with van der Waals surface area (Å²) in [4.78, 5) is 14.2. The van der Waals surface area contributed by atoms with Crippen LogP contribution in [0.1, 0.15) is 5.89 Å². The first-order valence-corrected chi connectivity index (χ1v) is 5.21. The third-order valence-corrected chi connectivity index (χ3v) is 2.55. The fourth-order valence-electron chi connectivity index (χ4n) is 1.47. The van der Waals surface area contributed by atoms with Gasteiger partial charge in [0.05, 0.1) is 10.9 Å². The van der Waals surface area contributed by atoms with Crippen LogP contribution in [0.15, 0.2) is 33.5 Å². The van der Waals surface area contributed by atoms with Crippen molar-refractivity contribution in [3.05, 3.63) is 40.6 Å². The van der Waals surface area contributed by atoms with Gasteiger partial charge in [0.2, 0.25) is 0 Å². The molecule has 1 aromatic carbocycles. The molecule has 10 heteroatoms. The molecule has 0 aliphatic carbocycles. The van der Waals surface area contributed by atoms with Crippen LogP contribution in [0.2, 0.25) is 0 Å². The summed E-state index contributed by atoms with van der Waals surface area (Å²) in [5.74, 6) is -14.6. The molecular weight excluding hydrogens is 311 g/mol. The maximum absolute atomic E-state index is 13.4. The second-order valence-corrected chi connectivity index (χ2v) is 3.97. The molecule has 0 spiro atoms. The molecule has 0 amide bonds. The number of benzene rings is 1. The van der Waals surface area contributed by atoms with Crippen LogP contribution in [0.3, 0.4) is 0 Å². The van der Waals surface area contributed by atoms with Gasteiger partial charge in [0, 0.05) is 0 Å². The fourth-order valence-corrected chi connectivity index (χ4v) is 1.47. The van der Waals surface area contributed by atoms with Crippen LogP contribution in [0.4, 0.5) is 30.7 Å². The topological polar surface area (TPSA) is 43.1 Å². The highest BCUT2D eigenvalue weighted by molar-refractivity contribution is 5.76. The smallest absolute Gasteiger partial charge is 0.401 e. The fraction of sp³-hybridized carbons (Fsp3) is 0.273. The Bertz CT molecular complexity index is 735. The highest BCUT2D eigenvalue weighted by atomic mass is 19.4. The van der Waals surface area contributed by atoms with Gasteiger partial charge in [-0.3, -0.25) is 0 Å². The van der Waals surface area contributed by atoms with Crippen molar-refractivity contribution in [2.75, 3.05) is 0 Å². The number of halogens is 7. The second kappa shape index (κ2) is 4.43.